The van der Waals surface area contributed by atoms with Gasteiger partial charge in [0.05, 0.1) is 0 Å². The first kappa shape index (κ1) is 18.6. The zero-order valence-electron chi connectivity index (χ0n) is 14.3. The summed E-state index contributed by atoms with van der Waals surface area (Å²) in [5.74, 6) is 0.120. The predicted octanol–water partition coefficient (Wildman–Crippen LogP) is 5.34. The first-order chi connectivity index (χ1) is 9.91. The summed E-state index contributed by atoms with van der Waals surface area (Å²) < 4.78 is 0. The van der Waals surface area contributed by atoms with E-state index in [4.69, 9.17) is 11.6 Å². The summed E-state index contributed by atoms with van der Waals surface area (Å²) in [5, 5.41) is 0.632. The molecule has 0 radical (unpaired) electrons. The Labute approximate surface area is 138 Å². The van der Waals surface area contributed by atoms with Gasteiger partial charge in [0.1, 0.15) is 5.78 Å². The van der Waals surface area contributed by atoms with Crippen molar-refractivity contribution in [1.29, 1.82) is 0 Å². The van der Waals surface area contributed by atoms with Crippen LogP contribution in [0, 0.1) is 10.8 Å². The van der Waals surface area contributed by atoms with E-state index in [1.807, 2.05) is 53.7 Å². The summed E-state index contributed by atoms with van der Waals surface area (Å²) in [4.78, 5) is 24.7. The number of Topliss-reactive ketones (excluding diaryl/α,β-unsaturated/α-hetero) is 1. The highest BCUT2D eigenvalue weighted by molar-refractivity contribution is 6.30. The molecule has 0 saturated heterocycles. The number of allylic oxidation sites excluding steroid dienone is 2. The van der Waals surface area contributed by atoms with Gasteiger partial charge in [-0.3, -0.25) is 9.59 Å². The molecule has 3 heteroatoms. The van der Waals surface area contributed by atoms with Crippen molar-refractivity contribution in [2.24, 2.45) is 10.8 Å². The lowest BCUT2D eigenvalue weighted by Crippen LogP contribution is -2.21. The predicted molar refractivity (Wildman–Crippen MR) is 93.0 cm³/mol. The summed E-state index contributed by atoms with van der Waals surface area (Å²) in [6.07, 6.45) is 1.85. The number of rotatable bonds is 4. The number of carbonyl (C=O) groups excluding carboxylic acids is 2. The number of benzene rings is 1. The molecule has 0 amide bonds. The van der Waals surface area contributed by atoms with Crippen LogP contribution in [0.3, 0.4) is 0 Å². The van der Waals surface area contributed by atoms with E-state index in [1.165, 1.54) is 0 Å². The summed E-state index contributed by atoms with van der Waals surface area (Å²) >= 11 is 5.92. The normalized spacial score (nSPS) is 13.1. The van der Waals surface area contributed by atoms with Crippen molar-refractivity contribution in [1.82, 2.24) is 0 Å². The summed E-state index contributed by atoms with van der Waals surface area (Å²) in [6.45, 7) is 11.3. The fourth-order valence-corrected chi connectivity index (χ4v) is 1.84. The Hall–Kier alpha value is -1.41. The minimum absolute atomic E-state index is 0.0131. The van der Waals surface area contributed by atoms with E-state index >= 15 is 0 Å². The molecule has 1 aromatic rings. The van der Waals surface area contributed by atoms with Crippen molar-refractivity contribution in [3.05, 3.63) is 40.9 Å². The van der Waals surface area contributed by atoms with E-state index in [9.17, 15) is 9.59 Å². The Morgan fingerprint density at radius 3 is 1.86 bits per heavy atom. The maximum Gasteiger partial charge on any atom is 0.161 e. The highest BCUT2D eigenvalue weighted by Gasteiger charge is 2.25. The maximum absolute atomic E-state index is 12.4. The molecule has 0 aliphatic heterocycles. The van der Waals surface area contributed by atoms with E-state index in [0.29, 0.717) is 5.02 Å². The van der Waals surface area contributed by atoms with Crippen LogP contribution in [-0.4, -0.2) is 11.6 Å². The monoisotopic (exact) mass is 320 g/mol. The Balaban J connectivity index is 3.22. The van der Waals surface area contributed by atoms with Crippen molar-refractivity contribution in [2.75, 3.05) is 0 Å². The Morgan fingerprint density at radius 2 is 1.45 bits per heavy atom. The molecule has 0 atom stereocenters. The zero-order valence-corrected chi connectivity index (χ0v) is 15.0. The second-order valence-corrected chi connectivity index (χ2v) is 8.08. The number of hydrogen-bond acceptors (Lipinski definition) is 2. The van der Waals surface area contributed by atoms with Crippen LogP contribution in [0.2, 0.25) is 5.02 Å². The highest BCUT2D eigenvalue weighted by Crippen LogP contribution is 2.28. The third-order valence-corrected chi connectivity index (χ3v) is 3.70. The molecule has 0 fully saturated rings. The van der Waals surface area contributed by atoms with Gasteiger partial charge < -0.3 is 0 Å². The van der Waals surface area contributed by atoms with Gasteiger partial charge >= 0.3 is 0 Å². The summed E-state index contributed by atoms with van der Waals surface area (Å²) in [5.41, 5.74) is 0.703. The molecule has 2 nitrogen and oxygen atoms in total. The van der Waals surface area contributed by atoms with Crippen LogP contribution in [0.4, 0.5) is 0 Å². The Bertz CT molecular complexity index is 581. The average Bonchev–Trinajstić information content (AvgIpc) is 2.36. The number of hydrogen-bond donors (Lipinski definition) is 0. The molecule has 0 bridgehead atoms. The Morgan fingerprint density at radius 1 is 0.955 bits per heavy atom. The van der Waals surface area contributed by atoms with Crippen molar-refractivity contribution < 1.29 is 9.59 Å². The molecule has 0 N–H and O–H groups in total. The maximum atomic E-state index is 12.4. The zero-order chi connectivity index (χ0) is 17.1. The smallest absolute Gasteiger partial charge is 0.161 e. The van der Waals surface area contributed by atoms with Crippen molar-refractivity contribution >= 4 is 28.7 Å². The van der Waals surface area contributed by atoms with Gasteiger partial charge in [-0.1, -0.05) is 65.3 Å². The van der Waals surface area contributed by atoms with Gasteiger partial charge in [-0.15, -0.1) is 0 Å². The van der Waals surface area contributed by atoms with E-state index in [2.05, 4.69) is 0 Å². The molecular formula is C19H25ClO2. The van der Waals surface area contributed by atoms with Crippen LogP contribution in [0.25, 0.3) is 5.57 Å². The van der Waals surface area contributed by atoms with Gasteiger partial charge in [0.2, 0.25) is 0 Å². The van der Waals surface area contributed by atoms with Crippen molar-refractivity contribution in [3.63, 3.8) is 0 Å². The second kappa shape index (κ2) is 6.78. The van der Waals surface area contributed by atoms with Gasteiger partial charge in [-0.05, 0) is 29.3 Å². The van der Waals surface area contributed by atoms with Crippen LogP contribution in [0.1, 0.15) is 53.5 Å². The van der Waals surface area contributed by atoms with Gasteiger partial charge in [0.25, 0.3) is 0 Å². The van der Waals surface area contributed by atoms with Gasteiger partial charge in [-0.25, -0.2) is 0 Å². The van der Waals surface area contributed by atoms with E-state index < -0.39 is 10.8 Å². The second-order valence-electron chi connectivity index (χ2n) is 7.64. The molecule has 0 heterocycles. The molecule has 0 aromatic heterocycles. The highest BCUT2D eigenvalue weighted by atomic mass is 35.5. The van der Waals surface area contributed by atoms with E-state index in [1.54, 1.807) is 18.2 Å². The lowest BCUT2D eigenvalue weighted by Gasteiger charge is -2.19. The van der Waals surface area contributed by atoms with Gasteiger partial charge in [-0.2, -0.15) is 0 Å². The molecule has 1 aromatic carbocycles. The average molecular weight is 321 g/mol. The van der Waals surface area contributed by atoms with Crippen molar-refractivity contribution in [3.8, 4) is 0 Å². The molecule has 0 unspecified atom stereocenters. The minimum atomic E-state index is -0.470. The van der Waals surface area contributed by atoms with Crippen LogP contribution < -0.4 is 0 Å². The van der Waals surface area contributed by atoms with E-state index in [0.717, 1.165) is 11.1 Å². The van der Waals surface area contributed by atoms with E-state index in [-0.39, 0.29) is 18.0 Å². The molecule has 0 aliphatic rings. The fraction of sp³-hybridized carbons (Fsp3) is 0.474. The standard InChI is InChI=1S/C19H25ClO2/c1-18(2,3)16(21)11-14(12-17(22)19(4,5)6)13-7-9-15(20)10-8-13/h7-11H,12H2,1-6H3/b14-11+. The van der Waals surface area contributed by atoms with Crippen LogP contribution in [-0.2, 0) is 9.59 Å². The molecule has 0 spiro atoms. The number of ketones is 2. The van der Waals surface area contributed by atoms with Gasteiger partial charge in [0.15, 0.2) is 5.78 Å². The number of carbonyl (C=O) groups is 2. The Kier molecular flexibility index (Phi) is 5.75. The van der Waals surface area contributed by atoms with Gasteiger partial charge in [0, 0.05) is 22.3 Å². The first-order valence-corrected chi connectivity index (χ1v) is 7.83. The third kappa shape index (κ3) is 5.42. The van der Waals surface area contributed by atoms with Crippen molar-refractivity contribution in [2.45, 2.75) is 48.0 Å². The minimum Gasteiger partial charge on any atom is -0.299 e. The topological polar surface area (TPSA) is 34.1 Å². The number of halogens is 1. The fourth-order valence-electron chi connectivity index (χ4n) is 1.71. The SMILES string of the molecule is CC(C)(C)C(=O)/C=C(\CC(=O)C(C)(C)C)c1ccc(Cl)cc1. The lowest BCUT2D eigenvalue weighted by atomic mass is 9.83. The van der Waals surface area contributed by atoms with Crippen LogP contribution in [0.5, 0.6) is 0 Å². The lowest BCUT2D eigenvalue weighted by molar-refractivity contribution is -0.125. The molecule has 120 valence electrons. The molecule has 1 rings (SSSR count). The summed E-state index contributed by atoms with van der Waals surface area (Å²) in [6, 6.07) is 7.24. The molecule has 22 heavy (non-hydrogen) atoms. The third-order valence-electron chi connectivity index (χ3n) is 3.45. The largest absolute Gasteiger partial charge is 0.299 e. The quantitative estimate of drug-likeness (QED) is 0.701. The first-order valence-electron chi connectivity index (χ1n) is 7.45. The van der Waals surface area contributed by atoms with Crippen LogP contribution >= 0.6 is 11.6 Å². The molecule has 0 aliphatic carbocycles. The molecule has 0 saturated carbocycles. The summed E-state index contributed by atoms with van der Waals surface area (Å²) in [7, 11) is 0. The molecular weight excluding hydrogens is 296 g/mol. The van der Waals surface area contributed by atoms with Crippen LogP contribution in [0.15, 0.2) is 30.3 Å².